The molecule has 0 spiro atoms. The molecular formula is C12H10N4O3S. The summed E-state index contributed by atoms with van der Waals surface area (Å²) in [6.45, 7) is 0. The van der Waals surface area contributed by atoms with E-state index in [4.69, 9.17) is 4.42 Å². The van der Waals surface area contributed by atoms with Crippen molar-refractivity contribution in [3.05, 3.63) is 36.6 Å². The minimum Gasteiger partial charge on any atom is -0.464 e. The van der Waals surface area contributed by atoms with Crippen LogP contribution < -0.4 is 0 Å². The number of furan rings is 1. The van der Waals surface area contributed by atoms with E-state index < -0.39 is 9.84 Å². The maximum absolute atomic E-state index is 12.0. The van der Waals surface area contributed by atoms with Gasteiger partial charge >= 0.3 is 0 Å². The number of hydrogen-bond donors (Lipinski definition) is 1. The van der Waals surface area contributed by atoms with E-state index >= 15 is 0 Å². The second kappa shape index (κ2) is 4.57. The first-order valence-corrected chi connectivity index (χ1v) is 7.57. The van der Waals surface area contributed by atoms with E-state index in [1.807, 2.05) is 0 Å². The third kappa shape index (κ3) is 2.10. The zero-order chi connectivity index (χ0) is 14.2. The van der Waals surface area contributed by atoms with E-state index in [-0.39, 0.29) is 10.7 Å². The lowest BCUT2D eigenvalue weighted by molar-refractivity contribution is 0.582. The summed E-state index contributed by atoms with van der Waals surface area (Å²) in [7, 11) is -3.44. The molecule has 1 N–H and O–H groups in total. The Morgan fingerprint density at radius 1 is 1.20 bits per heavy atom. The minimum absolute atomic E-state index is 0.132. The molecule has 0 radical (unpaired) electrons. The van der Waals surface area contributed by atoms with Crippen LogP contribution in [0.4, 0.5) is 0 Å². The Kier molecular flexibility index (Phi) is 2.87. The Balaban J connectivity index is 2.37. The molecule has 0 aliphatic carbocycles. The Morgan fingerprint density at radius 2 is 2.05 bits per heavy atom. The first kappa shape index (κ1) is 12.5. The van der Waals surface area contributed by atoms with Crippen LogP contribution in [0.5, 0.6) is 0 Å². The number of hydrogen-bond acceptors (Lipinski definition) is 6. The molecule has 3 aromatic rings. The van der Waals surface area contributed by atoms with Gasteiger partial charge in [-0.3, -0.25) is 0 Å². The van der Waals surface area contributed by atoms with Crippen LogP contribution in [0, 0.1) is 0 Å². The quantitative estimate of drug-likeness (QED) is 0.784. The van der Waals surface area contributed by atoms with Gasteiger partial charge in [0, 0.05) is 11.8 Å². The highest BCUT2D eigenvalue weighted by molar-refractivity contribution is 7.90. The first-order valence-electron chi connectivity index (χ1n) is 5.68. The van der Waals surface area contributed by atoms with Gasteiger partial charge in [0.2, 0.25) is 5.82 Å². The number of aromatic amines is 1. The third-order valence-electron chi connectivity index (χ3n) is 2.78. The predicted octanol–water partition coefficient (Wildman–Crippen LogP) is 1.53. The molecule has 0 atom stereocenters. The summed E-state index contributed by atoms with van der Waals surface area (Å²) in [6, 6.07) is 8.37. The standard InChI is InChI=1S/C12H10N4O3S/c1-20(17,18)10-6-2-4-8(9-5-3-7-19-9)11(10)12-13-15-16-14-12/h2-7H,1H3,(H,13,14,15,16). The van der Waals surface area contributed by atoms with Gasteiger partial charge in [0.15, 0.2) is 9.84 Å². The summed E-state index contributed by atoms with van der Waals surface area (Å²) < 4.78 is 29.3. The van der Waals surface area contributed by atoms with Crippen molar-refractivity contribution < 1.29 is 12.8 Å². The zero-order valence-electron chi connectivity index (χ0n) is 10.4. The van der Waals surface area contributed by atoms with E-state index in [2.05, 4.69) is 20.6 Å². The number of aromatic nitrogens is 4. The van der Waals surface area contributed by atoms with Gasteiger partial charge in [0.25, 0.3) is 0 Å². The number of nitrogens with zero attached hydrogens (tertiary/aromatic N) is 3. The molecule has 0 saturated heterocycles. The van der Waals surface area contributed by atoms with Crippen LogP contribution in [-0.4, -0.2) is 35.3 Å². The monoisotopic (exact) mass is 290 g/mol. The molecular weight excluding hydrogens is 280 g/mol. The van der Waals surface area contributed by atoms with Crippen LogP contribution in [0.15, 0.2) is 45.9 Å². The molecule has 20 heavy (non-hydrogen) atoms. The molecule has 0 amide bonds. The third-order valence-corrected chi connectivity index (χ3v) is 3.92. The van der Waals surface area contributed by atoms with Crippen molar-refractivity contribution in [3.63, 3.8) is 0 Å². The Bertz CT molecular complexity index is 824. The van der Waals surface area contributed by atoms with E-state index in [1.54, 1.807) is 24.3 Å². The van der Waals surface area contributed by atoms with Crippen molar-refractivity contribution in [1.82, 2.24) is 20.6 Å². The maximum atomic E-state index is 12.0. The zero-order valence-corrected chi connectivity index (χ0v) is 11.3. The second-order valence-corrected chi connectivity index (χ2v) is 6.15. The summed E-state index contributed by atoms with van der Waals surface area (Å²) in [5.74, 6) is 0.743. The van der Waals surface area contributed by atoms with E-state index in [1.165, 1.54) is 12.3 Å². The molecule has 0 aliphatic heterocycles. The topological polar surface area (TPSA) is 102 Å². The summed E-state index contributed by atoms with van der Waals surface area (Å²) in [5, 5.41) is 13.6. The van der Waals surface area contributed by atoms with Gasteiger partial charge < -0.3 is 4.42 Å². The average Bonchev–Trinajstić information content (AvgIpc) is 3.10. The molecule has 102 valence electrons. The van der Waals surface area contributed by atoms with Gasteiger partial charge in [-0.1, -0.05) is 12.1 Å². The number of tetrazole rings is 1. The highest BCUT2D eigenvalue weighted by atomic mass is 32.2. The van der Waals surface area contributed by atoms with Crippen molar-refractivity contribution in [2.75, 3.05) is 6.26 Å². The normalized spacial score (nSPS) is 11.7. The van der Waals surface area contributed by atoms with Crippen molar-refractivity contribution in [3.8, 4) is 22.7 Å². The lowest BCUT2D eigenvalue weighted by Crippen LogP contribution is -2.02. The summed E-state index contributed by atoms with van der Waals surface area (Å²) >= 11 is 0. The fourth-order valence-electron chi connectivity index (χ4n) is 1.98. The predicted molar refractivity (Wildman–Crippen MR) is 70.4 cm³/mol. The molecule has 0 bridgehead atoms. The molecule has 2 heterocycles. The Morgan fingerprint density at radius 3 is 2.65 bits per heavy atom. The first-order chi connectivity index (χ1) is 9.57. The fraction of sp³-hybridized carbons (Fsp3) is 0.0833. The number of benzene rings is 1. The van der Waals surface area contributed by atoms with Crippen molar-refractivity contribution in [1.29, 1.82) is 0 Å². The van der Waals surface area contributed by atoms with E-state index in [9.17, 15) is 8.42 Å². The highest BCUT2D eigenvalue weighted by Gasteiger charge is 2.22. The smallest absolute Gasteiger partial charge is 0.206 e. The van der Waals surface area contributed by atoms with Gasteiger partial charge in [0.05, 0.1) is 16.7 Å². The lowest BCUT2D eigenvalue weighted by atomic mass is 10.0. The lowest BCUT2D eigenvalue weighted by Gasteiger charge is -2.09. The maximum Gasteiger partial charge on any atom is 0.206 e. The van der Waals surface area contributed by atoms with Crippen LogP contribution in [0.2, 0.25) is 0 Å². The molecule has 0 aliphatic rings. The van der Waals surface area contributed by atoms with Crippen LogP contribution >= 0.6 is 0 Å². The van der Waals surface area contributed by atoms with Crippen molar-refractivity contribution in [2.24, 2.45) is 0 Å². The largest absolute Gasteiger partial charge is 0.464 e. The summed E-state index contributed by atoms with van der Waals surface area (Å²) in [5.41, 5.74) is 0.970. The van der Waals surface area contributed by atoms with Crippen LogP contribution in [0.25, 0.3) is 22.7 Å². The number of H-pyrrole nitrogens is 1. The Labute approximate surface area is 114 Å². The molecule has 0 saturated carbocycles. The van der Waals surface area contributed by atoms with Crippen molar-refractivity contribution in [2.45, 2.75) is 4.90 Å². The highest BCUT2D eigenvalue weighted by Crippen LogP contribution is 2.35. The Hall–Kier alpha value is -2.48. The number of nitrogens with one attached hydrogen (secondary N) is 1. The fourth-order valence-corrected chi connectivity index (χ4v) is 2.87. The van der Waals surface area contributed by atoms with Crippen molar-refractivity contribution >= 4 is 9.84 Å². The van der Waals surface area contributed by atoms with Crippen LogP contribution in [0.1, 0.15) is 0 Å². The molecule has 0 fully saturated rings. The molecule has 1 aromatic carbocycles. The molecule has 7 nitrogen and oxygen atoms in total. The summed E-state index contributed by atoms with van der Waals surface area (Å²) in [6.07, 6.45) is 2.65. The second-order valence-electron chi connectivity index (χ2n) is 4.16. The van der Waals surface area contributed by atoms with E-state index in [0.717, 1.165) is 6.26 Å². The van der Waals surface area contributed by atoms with Gasteiger partial charge in [0.1, 0.15) is 5.76 Å². The SMILES string of the molecule is CS(=O)(=O)c1cccc(-c2ccco2)c1-c1nn[nH]n1. The van der Waals surface area contributed by atoms with Gasteiger partial charge in [-0.2, -0.15) is 5.21 Å². The average molecular weight is 290 g/mol. The van der Waals surface area contributed by atoms with Crippen LogP contribution in [-0.2, 0) is 9.84 Å². The van der Waals surface area contributed by atoms with Gasteiger partial charge in [-0.15, -0.1) is 10.2 Å². The minimum atomic E-state index is -3.44. The van der Waals surface area contributed by atoms with Gasteiger partial charge in [-0.05, 0) is 23.4 Å². The number of sulfone groups is 1. The molecule has 8 heteroatoms. The number of rotatable bonds is 3. The van der Waals surface area contributed by atoms with E-state index in [0.29, 0.717) is 16.9 Å². The molecule has 0 unspecified atom stereocenters. The molecule has 3 rings (SSSR count). The molecule has 2 aromatic heterocycles. The summed E-state index contributed by atoms with van der Waals surface area (Å²) in [4.78, 5) is 0.132. The van der Waals surface area contributed by atoms with Gasteiger partial charge in [-0.25, -0.2) is 8.42 Å². The van der Waals surface area contributed by atoms with Crippen LogP contribution in [0.3, 0.4) is 0 Å².